The number of benzene rings is 2. The van der Waals surface area contributed by atoms with Crippen LogP contribution in [0, 0.1) is 5.82 Å². The van der Waals surface area contributed by atoms with Gasteiger partial charge in [0.1, 0.15) is 12.4 Å². The molecular formula is C16H14FNaO3. The topological polar surface area (TPSA) is 35.5 Å². The molecule has 21 heavy (non-hydrogen) atoms. The largest absolute Gasteiger partial charge is 1.00 e. The summed E-state index contributed by atoms with van der Waals surface area (Å²) in [7, 11) is 0. The molecule has 0 fully saturated rings. The molecule has 0 atom stereocenters. The molecule has 2 aromatic carbocycles. The number of carbonyl (C=O) groups excluding carboxylic acids is 1. The molecule has 0 amide bonds. The smallest absolute Gasteiger partial charge is 1.00 e. The molecule has 0 heterocycles. The van der Waals surface area contributed by atoms with Crippen LogP contribution < -0.4 is 39.0 Å². The van der Waals surface area contributed by atoms with Gasteiger partial charge in [-0.1, -0.05) is 36.9 Å². The van der Waals surface area contributed by atoms with Crippen LogP contribution in [0.15, 0.2) is 61.2 Å². The van der Waals surface area contributed by atoms with E-state index < -0.39 is 11.8 Å². The molecule has 0 aliphatic heterocycles. The first-order valence-electron chi connectivity index (χ1n) is 5.99. The Bertz CT molecular complexity index is 620. The number of hydrogen-bond donors (Lipinski definition) is 0. The van der Waals surface area contributed by atoms with Gasteiger partial charge in [0, 0.05) is 12.1 Å². The summed E-state index contributed by atoms with van der Waals surface area (Å²) in [5, 5.41) is 0. The maximum atomic E-state index is 13.2. The molecule has 0 unspecified atom stereocenters. The predicted octanol–water partition coefficient (Wildman–Crippen LogP) is 0.613. The minimum Gasteiger partial charge on any atom is -1.00 e. The van der Waals surface area contributed by atoms with Crippen LogP contribution in [0.5, 0.6) is 11.5 Å². The van der Waals surface area contributed by atoms with Crippen LogP contribution in [0.4, 0.5) is 4.39 Å². The molecule has 0 aliphatic carbocycles. The van der Waals surface area contributed by atoms with E-state index in [1.807, 2.05) is 30.3 Å². The van der Waals surface area contributed by atoms with E-state index >= 15 is 0 Å². The summed E-state index contributed by atoms with van der Waals surface area (Å²) < 4.78 is 23.7. The monoisotopic (exact) mass is 296 g/mol. The summed E-state index contributed by atoms with van der Waals surface area (Å²) in [6.45, 7) is 3.59. The molecule has 2 rings (SSSR count). The van der Waals surface area contributed by atoms with E-state index in [1.54, 1.807) is 0 Å². The van der Waals surface area contributed by atoms with Gasteiger partial charge in [-0.3, -0.25) is 0 Å². The van der Waals surface area contributed by atoms with E-state index in [0.29, 0.717) is 12.4 Å². The third-order valence-corrected chi connectivity index (χ3v) is 2.52. The van der Waals surface area contributed by atoms with E-state index in [-0.39, 0.29) is 36.7 Å². The fraction of sp³-hybridized carbons (Fsp3) is 0.0625. The van der Waals surface area contributed by atoms with Gasteiger partial charge in [-0.15, -0.1) is 0 Å². The Morgan fingerprint density at radius 1 is 1.19 bits per heavy atom. The first-order valence-corrected chi connectivity index (χ1v) is 5.99. The molecule has 0 aliphatic rings. The van der Waals surface area contributed by atoms with Crippen molar-refractivity contribution in [2.75, 3.05) is 0 Å². The van der Waals surface area contributed by atoms with E-state index in [1.165, 1.54) is 12.1 Å². The summed E-state index contributed by atoms with van der Waals surface area (Å²) in [5.41, 5.74) is 0.956. The molecule has 0 aromatic heterocycles. The summed E-state index contributed by atoms with van der Waals surface area (Å²) in [5.74, 6) is -0.847. The van der Waals surface area contributed by atoms with E-state index in [9.17, 15) is 9.18 Å². The fourth-order valence-corrected chi connectivity index (χ4v) is 1.57. The Hall–Kier alpha value is -1.62. The Kier molecular flexibility index (Phi) is 7.15. The zero-order valence-electron chi connectivity index (χ0n) is 12.7. The van der Waals surface area contributed by atoms with Crippen molar-refractivity contribution >= 4 is 5.97 Å². The van der Waals surface area contributed by atoms with E-state index in [4.69, 9.17) is 9.47 Å². The van der Waals surface area contributed by atoms with Crippen LogP contribution in [0.25, 0.3) is 0 Å². The zero-order valence-corrected chi connectivity index (χ0v) is 13.7. The van der Waals surface area contributed by atoms with Crippen LogP contribution in [-0.4, -0.2) is 5.97 Å². The predicted molar refractivity (Wildman–Crippen MR) is 74.1 cm³/mol. The number of ether oxygens (including phenoxy) is 2. The second kappa shape index (κ2) is 8.62. The number of rotatable bonds is 5. The van der Waals surface area contributed by atoms with Crippen molar-refractivity contribution in [2.45, 2.75) is 6.61 Å². The number of halogens is 1. The third kappa shape index (κ3) is 5.34. The van der Waals surface area contributed by atoms with Crippen molar-refractivity contribution in [1.29, 1.82) is 0 Å². The summed E-state index contributed by atoms with van der Waals surface area (Å²) in [6.07, 6.45) is 1.01. The van der Waals surface area contributed by atoms with Gasteiger partial charge >= 0.3 is 35.5 Å². The molecule has 0 saturated heterocycles. The van der Waals surface area contributed by atoms with Gasteiger partial charge in [-0.2, -0.15) is 0 Å². The maximum Gasteiger partial charge on any atom is 1.00 e. The molecule has 104 valence electrons. The first kappa shape index (κ1) is 17.4. The second-order valence-electron chi connectivity index (χ2n) is 3.99. The van der Waals surface area contributed by atoms with Gasteiger partial charge in [0.15, 0.2) is 11.5 Å². The Balaban J connectivity index is 0.00000220. The van der Waals surface area contributed by atoms with Gasteiger partial charge in [0.05, 0.1) is 0 Å². The van der Waals surface area contributed by atoms with Crippen molar-refractivity contribution in [1.82, 2.24) is 0 Å². The van der Waals surface area contributed by atoms with Crippen molar-refractivity contribution in [3.8, 4) is 11.5 Å². The van der Waals surface area contributed by atoms with Crippen LogP contribution in [0.2, 0.25) is 0 Å². The minimum atomic E-state index is -0.667. The minimum absolute atomic E-state index is 0. The van der Waals surface area contributed by atoms with Crippen LogP contribution >= 0.6 is 0 Å². The molecule has 3 nitrogen and oxygen atoms in total. The Labute approximate surface area is 146 Å². The Morgan fingerprint density at radius 3 is 2.57 bits per heavy atom. The van der Waals surface area contributed by atoms with Crippen LogP contribution in [0.3, 0.4) is 0 Å². The maximum absolute atomic E-state index is 13.2. The van der Waals surface area contributed by atoms with Gasteiger partial charge < -0.3 is 10.9 Å². The van der Waals surface area contributed by atoms with Crippen molar-refractivity contribution < 1.29 is 49.6 Å². The number of hydrogen-bond acceptors (Lipinski definition) is 3. The molecule has 0 N–H and O–H groups in total. The van der Waals surface area contributed by atoms with Crippen molar-refractivity contribution in [3.63, 3.8) is 0 Å². The van der Waals surface area contributed by atoms with Crippen molar-refractivity contribution in [3.05, 3.63) is 72.6 Å². The van der Waals surface area contributed by atoms with Gasteiger partial charge in [-0.05, 0) is 17.7 Å². The third-order valence-electron chi connectivity index (χ3n) is 2.52. The number of carbonyl (C=O) groups is 1. The number of esters is 1. The first-order chi connectivity index (χ1) is 9.69. The van der Waals surface area contributed by atoms with Crippen LogP contribution in [-0.2, 0) is 11.4 Å². The van der Waals surface area contributed by atoms with Gasteiger partial charge in [0.2, 0.25) is 0 Å². The zero-order chi connectivity index (χ0) is 14.4. The molecule has 5 heteroatoms. The second-order valence-corrected chi connectivity index (χ2v) is 3.99. The standard InChI is InChI=1S/C16H13FO3.Na.H/c1-2-16(18)20-15-10-13(17)8-9-14(15)19-11-12-6-4-3-5-7-12;;/h2-10H,1,11H2;;/q;+1;-1. The molecule has 0 saturated carbocycles. The normalized spacial score (nSPS) is 9.38. The Morgan fingerprint density at radius 2 is 1.90 bits per heavy atom. The summed E-state index contributed by atoms with van der Waals surface area (Å²) >= 11 is 0. The van der Waals surface area contributed by atoms with Crippen LogP contribution in [0.1, 0.15) is 6.99 Å². The van der Waals surface area contributed by atoms with E-state index in [0.717, 1.165) is 17.7 Å². The van der Waals surface area contributed by atoms with Gasteiger partial charge in [-0.25, -0.2) is 9.18 Å². The fourth-order valence-electron chi connectivity index (χ4n) is 1.57. The SMILES string of the molecule is C=CC(=O)Oc1cc(F)ccc1OCc1ccccc1.[H-].[Na+]. The summed E-state index contributed by atoms with van der Waals surface area (Å²) in [4.78, 5) is 11.2. The van der Waals surface area contributed by atoms with Gasteiger partial charge in [0.25, 0.3) is 0 Å². The molecule has 2 aromatic rings. The molecule has 0 radical (unpaired) electrons. The molecular weight excluding hydrogens is 282 g/mol. The van der Waals surface area contributed by atoms with E-state index in [2.05, 4.69) is 6.58 Å². The molecule has 0 bridgehead atoms. The summed E-state index contributed by atoms with van der Waals surface area (Å²) in [6, 6.07) is 13.2. The average Bonchev–Trinajstić information content (AvgIpc) is 2.47. The molecule has 0 spiro atoms. The quantitative estimate of drug-likeness (QED) is 0.351. The average molecular weight is 296 g/mol. The van der Waals surface area contributed by atoms with Crippen molar-refractivity contribution in [2.24, 2.45) is 0 Å².